The topological polar surface area (TPSA) is 69.7 Å². The number of carbonyl (C=O) groups excluding carboxylic acids is 1. The number of likely N-dealkylation sites (tertiary alicyclic amines) is 1. The molecule has 1 aromatic heterocycles. The van der Waals surface area contributed by atoms with E-state index in [1.807, 2.05) is 12.1 Å². The van der Waals surface area contributed by atoms with Crippen LogP contribution in [0.25, 0.3) is 0 Å². The summed E-state index contributed by atoms with van der Waals surface area (Å²) >= 11 is 1.20. The van der Waals surface area contributed by atoms with Crippen molar-refractivity contribution in [1.82, 2.24) is 9.21 Å². The summed E-state index contributed by atoms with van der Waals surface area (Å²) in [6, 6.07) is 11.4. The van der Waals surface area contributed by atoms with Gasteiger partial charge in [-0.05, 0) is 75.0 Å². The van der Waals surface area contributed by atoms with Gasteiger partial charge in [0, 0.05) is 30.2 Å². The summed E-state index contributed by atoms with van der Waals surface area (Å²) in [5, 5.41) is 2.92. The lowest BCUT2D eigenvalue weighted by molar-refractivity contribution is -0.115. The van der Waals surface area contributed by atoms with Gasteiger partial charge in [-0.2, -0.15) is 4.31 Å². The van der Waals surface area contributed by atoms with Crippen LogP contribution < -0.4 is 5.32 Å². The molecule has 0 spiro atoms. The summed E-state index contributed by atoms with van der Waals surface area (Å²) in [5.74, 6) is -0.131. The Morgan fingerprint density at radius 1 is 0.903 bits per heavy atom. The second-order valence-electron chi connectivity index (χ2n) is 8.41. The number of anilines is 1. The molecule has 8 heteroatoms. The van der Waals surface area contributed by atoms with Crippen LogP contribution >= 0.6 is 11.3 Å². The molecule has 168 valence electrons. The minimum Gasteiger partial charge on any atom is -0.326 e. The molecule has 0 bridgehead atoms. The number of thiophene rings is 1. The fraction of sp³-hybridized carbons (Fsp3) is 0.522. The van der Waals surface area contributed by atoms with Crippen molar-refractivity contribution in [3.63, 3.8) is 0 Å². The number of nitrogens with one attached hydrogen (secondary N) is 1. The minimum absolute atomic E-state index is 0.131. The van der Waals surface area contributed by atoms with Crippen LogP contribution in [-0.2, 0) is 27.7 Å². The predicted octanol–water partition coefficient (Wildman–Crippen LogP) is 3.74. The lowest BCUT2D eigenvalue weighted by Gasteiger charge is -2.25. The van der Waals surface area contributed by atoms with Crippen LogP contribution in [0.5, 0.6) is 0 Å². The lowest BCUT2D eigenvalue weighted by Crippen LogP contribution is -2.35. The van der Waals surface area contributed by atoms with E-state index in [0.717, 1.165) is 42.8 Å². The molecule has 1 N–H and O–H groups in total. The van der Waals surface area contributed by atoms with Gasteiger partial charge >= 0.3 is 0 Å². The van der Waals surface area contributed by atoms with E-state index in [2.05, 4.69) is 22.3 Å². The Morgan fingerprint density at radius 3 is 2.29 bits per heavy atom. The average molecular weight is 462 g/mol. The first-order valence-electron chi connectivity index (χ1n) is 11.2. The highest BCUT2D eigenvalue weighted by Crippen LogP contribution is 2.27. The molecule has 1 amide bonds. The summed E-state index contributed by atoms with van der Waals surface area (Å²) in [6.45, 7) is 4.68. The van der Waals surface area contributed by atoms with Gasteiger partial charge in [-0.15, -0.1) is 11.3 Å². The summed E-state index contributed by atoms with van der Waals surface area (Å²) in [4.78, 5) is 15.7. The molecule has 6 nitrogen and oxygen atoms in total. The standard InChI is InChI=1S/C23H31N3O3S2/c27-22(24-20-8-6-19(7-9-20)12-17-25-13-4-5-14-25)18-21-10-11-23(30-21)31(28,29)26-15-2-1-3-16-26/h6-11H,1-5,12-18H2,(H,24,27). The van der Waals surface area contributed by atoms with Crippen molar-refractivity contribution in [3.8, 4) is 0 Å². The first kappa shape index (κ1) is 22.5. The minimum atomic E-state index is -3.44. The molecule has 31 heavy (non-hydrogen) atoms. The van der Waals surface area contributed by atoms with Crippen LogP contribution in [0.1, 0.15) is 42.5 Å². The molecule has 1 aromatic carbocycles. The molecular formula is C23H31N3O3S2. The van der Waals surface area contributed by atoms with E-state index < -0.39 is 10.0 Å². The van der Waals surface area contributed by atoms with E-state index in [-0.39, 0.29) is 12.3 Å². The largest absolute Gasteiger partial charge is 0.326 e. The Morgan fingerprint density at radius 2 is 1.58 bits per heavy atom. The second-order valence-corrected chi connectivity index (χ2v) is 11.7. The van der Waals surface area contributed by atoms with Crippen molar-refractivity contribution >= 4 is 33.0 Å². The molecule has 0 radical (unpaired) electrons. The van der Waals surface area contributed by atoms with Gasteiger partial charge in [0.05, 0.1) is 6.42 Å². The van der Waals surface area contributed by atoms with Gasteiger partial charge in [0.15, 0.2) is 0 Å². The first-order chi connectivity index (χ1) is 15.0. The Hall–Kier alpha value is -1.74. The number of rotatable bonds is 8. The molecule has 0 aliphatic carbocycles. The smallest absolute Gasteiger partial charge is 0.252 e. The number of piperidine rings is 1. The number of carbonyl (C=O) groups is 1. The zero-order valence-corrected chi connectivity index (χ0v) is 19.5. The van der Waals surface area contributed by atoms with E-state index >= 15 is 0 Å². The van der Waals surface area contributed by atoms with Gasteiger partial charge in [-0.3, -0.25) is 4.79 Å². The van der Waals surface area contributed by atoms with Gasteiger partial charge in [0.2, 0.25) is 5.91 Å². The van der Waals surface area contributed by atoms with Crippen LogP contribution in [0.3, 0.4) is 0 Å². The van der Waals surface area contributed by atoms with Crippen LogP contribution in [0.15, 0.2) is 40.6 Å². The molecule has 2 aliphatic heterocycles. The van der Waals surface area contributed by atoms with E-state index in [9.17, 15) is 13.2 Å². The molecular weight excluding hydrogens is 430 g/mol. The number of sulfonamides is 1. The Bertz CT molecular complexity index is 974. The molecule has 0 atom stereocenters. The van der Waals surface area contributed by atoms with Crippen LogP contribution in [0.4, 0.5) is 5.69 Å². The number of hydrogen-bond acceptors (Lipinski definition) is 5. The molecule has 2 aliphatic rings. The van der Waals surface area contributed by atoms with E-state index in [0.29, 0.717) is 17.3 Å². The van der Waals surface area contributed by atoms with Crippen molar-refractivity contribution in [2.45, 2.75) is 49.2 Å². The van der Waals surface area contributed by atoms with Crippen molar-refractivity contribution in [2.75, 3.05) is 38.0 Å². The van der Waals surface area contributed by atoms with Crippen molar-refractivity contribution < 1.29 is 13.2 Å². The van der Waals surface area contributed by atoms with Crippen molar-refractivity contribution in [1.29, 1.82) is 0 Å². The van der Waals surface area contributed by atoms with Crippen LogP contribution in [0, 0.1) is 0 Å². The van der Waals surface area contributed by atoms with Crippen LogP contribution in [-0.4, -0.2) is 56.3 Å². The summed E-state index contributed by atoms with van der Waals surface area (Å²) in [5.41, 5.74) is 2.04. The number of nitrogens with zero attached hydrogens (tertiary/aromatic N) is 2. The Balaban J connectivity index is 1.28. The molecule has 0 unspecified atom stereocenters. The monoisotopic (exact) mass is 461 g/mol. The maximum atomic E-state index is 12.8. The van der Waals surface area contributed by atoms with Crippen molar-refractivity contribution in [3.05, 3.63) is 46.8 Å². The summed E-state index contributed by atoms with van der Waals surface area (Å²) in [6.07, 6.45) is 6.73. The number of benzene rings is 1. The van der Waals surface area contributed by atoms with Gasteiger partial charge in [-0.25, -0.2) is 8.42 Å². The third kappa shape index (κ3) is 5.94. The Labute approximate surface area is 189 Å². The molecule has 2 aromatic rings. The molecule has 3 heterocycles. The SMILES string of the molecule is O=C(Cc1ccc(S(=O)(=O)N2CCCCC2)s1)Nc1ccc(CCN2CCCC2)cc1. The quantitative estimate of drug-likeness (QED) is 0.650. The van der Waals surface area contributed by atoms with Gasteiger partial charge < -0.3 is 10.2 Å². The van der Waals surface area contributed by atoms with Gasteiger partial charge in [0.1, 0.15) is 4.21 Å². The third-order valence-electron chi connectivity index (χ3n) is 6.03. The molecule has 4 rings (SSSR count). The lowest BCUT2D eigenvalue weighted by atomic mass is 10.1. The van der Waals surface area contributed by atoms with E-state index in [1.54, 1.807) is 16.4 Å². The summed E-state index contributed by atoms with van der Waals surface area (Å²) < 4.78 is 27.5. The van der Waals surface area contributed by atoms with E-state index in [4.69, 9.17) is 0 Å². The maximum absolute atomic E-state index is 12.8. The summed E-state index contributed by atoms with van der Waals surface area (Å²) in [7, 11) is -3.44. The molecule has 0 saturated carbocycles. The average Bonchev–Trinajstić information content (AvgIpc) is 3.46. The fourth-order valence-electron chi connectivity index (χ4n) is 4.24. The number of hydrogen-bond donors (Lipinski definition) is 1. The zero-order valence-electron chi connectivity index (χ0n) is 17.9. The first-order valence-corrected chi connectivity index (χ1v) is 13.5. The third-order valence-corrected chi connectivity index (χ3v) is 9.49. The molecule has 2 saturated heterocycles. The highest BCUT2D eigenvalue weighted by atomic mass is 32.2. The molecule has 2 fully saturated rings. The highest BCUT2D eigenvalue weighted by Gasteiger charge is 2.27. The second kappa shape index (κ2) is 10.3. The maximum Gasteiger partial charge on any atom is 0.252 e. The van der Waals surface area contributed by atoms with Gasteiger partial charge in [-0.1, -0.05) is 18.6 Å². The zero-order chi connectivity index (χ0) is 21.7. The Kier molecular flexibility index (Phi) is 7.43. The normalized spacial score (nSPS) is 18.3. The van der Waals surface area contributed by atoms with E-state index in [1.165, 1.54) is 42.8 Å². The highest BCUT2D eigenvalue weighted by molar-refractivity contribution is 7.91. The number of amides is 1. The fourth-order valence-corrected chi connectivity index (χ4v) is 7.26. The van der Waals surface area contributed by atoms with Crippen LogP contribution in [0.2, 0.25) is 0 Å². The van der Waals surface area contributed by atoms with Crippen molar-refractivity contribution in [2.24, 2.45) is 0 Å². The van der Waals surface area contributed by atoms with Gasteiger partial charge in [0.25, 0.3) is 10.0 Å². The predicted molar refractivity (Wildman–Crippen MR) is 125 cm³/mol.